The van der Waals surface area contributed by atoms with E-state index in [-0.39, 0.29) is 0 Å². The van der Waals surface area contributed by atoms with Crippen LogP contribution in [0.25, 0.3) is 0 Å². The van der Waals surface area contributed by atoms with Gasteiger partial charge in [0, 0.05) is 17.8 Å². The van der Waals surface area contributed by atoms with Crippen LogP contribution in [0.4, 0.5) is 0 Å². The average molecular weight is 215 g/mol. The lowest BCUT2D eigenvalue weighted by Gasteiger charge is -2.10. The van der Waals surface area contributed by atoms with E-state index in [0.717, 1.165) is 11.1 Å². The van der Waals surface area contributed by atoms with Gasteiger partial charge in [0.25, 0.3) is 0 Å². The van der Waals surface area contributed by atoms with Crippen LogP contribution in [-0.4, -0.2) is 17.2 Å². The predicted octanol–water partition coefficient (Wildman–Crippen LogP) is 2.17. The summed E-state index contributed by atoms with van der Waals surface area (Å²) in [5.74, 6) is 0.545. The summed E-state index contributed by atoms with van der Waals surface area (Å²) in [6, 6.07) is 13.0. The predicted molar refractivity (Wildman–Crippen MR) is 61.3 cm³/mol. The van der Waals surface area contributed by atoms with Gasteiger partial charge in [-0.2, -0.15) is 0 Å². The molecule has 82 valence electrons. The SMILES string of the molecule is COc1ccc([C@H](O)c2ccccc2)cn1. The van der Waals surface area contributed by atoms with E-state index in [1.54, 1.807) is 19.4 Å². The third kappa shape index (κ3) is 2.20. The summed E-state index contributed by atoms with van der Waals surface area (Å²) in [5.41, 5.74) is 1.61. The molecule has 2 rings (SSSR count). The van der Waals surface area contributed by atoms with Gasteiger partial charge >= 0.3 is 0 Å². The number of hydrogen-bond donors (Lipinski definition) is 1. The van der Waals surface area contributed by atoms with Crippen LogP contribution in [-0.2, 0) is 0 Å². The molecule has 0 amide bonds. The first-order valence-corrected chi connectivity index (χ1v) is 5.04. The molecule has 0 saturated heterocycles. The molecule has 0 saturated carbocycles. The topological polar surface area (TPSA) is 42.4 Å². The van der Waals surface area contributed by atoms with Crippen LogP contribution in [0.1, 0.15) is 17.2 Å². The largest absolute Gasteiger partial charge is 0.481 e. The van der Waals surface area contributed by atoms with Gasteiger partial charge in [-0.3, -0.25) is 0 Å². The zero-order valence-electron chi connectivity index (χ0n) is 9.00. The lowest BCUT2D eigenvalue weighted by molar-refractivity contribution is 0.219. The van der Waals surface area contributed by atoms with Crippen LogP contribution in [0.2, 0.25) is 0 Å². The molecule has 0 spiro atoms. The first kappa shape index (κ1) is 10.6. The van der Waals surface area contributed by atoms with E-state index in [2.05, 4.69) is 4.98 Å². The Morgan fingerprint density at radius 2 is 1.81 bits per heavy atom. The van der Waals surface area contributed by atoms with Gasteiger partial charge in [0.1, 0.15) is 6.10 Å². The maximum Gasteiger partial charge on any atom is 0.212 e. The highest BCUT2D eigenvalue weighted by atomic mass is 16.5. The highest BCUT2D eigenvalue weighted by Gasteiger charge is 2.09. The number of aliphatic hydroxyl groups excluding tert-OH is 1. The Balaban J connectivity index is 2.24. The molecular formula is C13H13NO2. The molecule has 1 aromatic carbocycles. The first-order chi connectivity index (χ1) is 7.81. The Morgan fingerprint density at radius 3 is 2.38 bits per heavy atom. The van der Waals surface area contributed by atoms with Crippen molar-refractivity contribution >= 4 is 0 Å². The van der Waals surface area contributed by atoms with E-state index >= 15 is 0 Å². The molecule has 2 aromatic rings. The maximum absolute atomic E-state index is 10.1. The molecule has 0 radical (unpaired) electrons. The fourth-order valence-electron chi connectivity index (χ4n) is 1.50. The monoisotopic (exact) mass is 215 g/mol. The number of nitrogens with zero attached hydrogens (tertiary/aromatic N) is 1. The first-order valence-electron chi connectivity index (χ1n) is 5.04. The number of pyridine rings is 1. The number of aliphatic hydroxyl groups is 1. The molecule has 0 aliphatic heterocycles. The summed E-state index contributed by atoms with van der Waals surface area (Å²) in [5, 5.41) is 10.1. The summed E-state index contributed by atoms with van der Waals surface area (Å²) in [7, 11) is 1.57. The smallest absolute Gasteiger partial charge is 0.212 e. The summed E-state index contributed by atoms with van der Waals surface area (Å²) in [6.07, 6.45) is 0.982. The van der Waals surface area contributed by atoms with Crippen molar-refractivity contribution in [3.63, 3.8) is 0 Å². The lowest BCUT2D eigenvalue weighted by atomic mass is 10.0. The Hall–Kier alpha value is -1.87. The van der Waals surface area contributed by atoms with Crippen molar-refractivity contribution in [2.45, 2.75) is 6.10 Å². The molecule has 1 N–H and O–H groups in total. The van der Waals surface area contributed by atoms with Crippen LogP contribution < -0.4 is 4.74 Å². The number of methoxy groups -OCH3 is 1. The minimum atomic E-state index is -0.639. The Kier molecular flexibility index (Phi) is 3.17. The van der Waals surface area contributed by atoms with Gasteiger partial charge < -0.3 is 9.84 Å². The molecule has 1 aromatic heterocycles. The van der Waals surface area contributed by atoms with Crippen molar-refractivity contribution in [3.05, 3.63) is 59.8 Å². The standard InChI is InChI=1S/C13H13NO2/c1-16-12-8-7-11(9-14-12)13(15)10-5-3-2-4-6-10/h2-9,13,15H,1H3/t13-/m1/s1. The maximum atomic E-state index is 10.1. The van der Waals surface area contributed by atoms with Crippen molar-refractivity contribution in [3.8, 4) is 5.88 Å². The van der Waals surface area contributed by atoms with Gasteiger partial charge in [-0.15, -0.1) is 0 Å². The highest BCUT2D eigenvalue weighted by molar-refractivity contribution is 5.29. The van der Waals surface area contributed by atoms with E-state index in [9.17, 15) is 5.11 Å². The Morgan fingerprint density at radius 1 is 1.06 bits per heavy atom. The van der Waals surface area contributed by atoms with Crippen molar-refractivity contribution in [2.24, 2.45) is 0 Å². The summed E-state index contributed by atoms with van der Waals surface area (Å²) in [6.45, 7) is 0. The number of rotatable bonds is 3. The van der Waals surface area contributed by atoms with Crippen LogP contribution >= 0.6 is 0 Å². The van der Waals surface area contributed by atoms with Crippen LogP contribution in [0.5, 0.6) is 5.88 Å². The fraction of sp³-hybridized carbons (Fsp3) is 0.154. The average Bonchev–Trinajstić information content (AvgIpc) is 2.39. The summed E-state index contributed by atoms with van der Waals surface area (Å²) < 4.78 is 4.96. The minimum Gasteiger partial charge on any atom is -0.481 e. The minimum absolute atomic E-state index is 0.545. The van der Waals surface area contributed by atoms with Gasteiger partial charge in [-0.25, -0.2) is 4.98 Å². The van der Waals surface area contributed by atoms with Gasteiger partial charge in [-0.1, -0.05) is 30.3 Å². The van der Waals surface area contributed by atoms with Crippen LogP contribution in [0, 0.1) is 0 Å². The van der Waals surface area contributed by atoms with E-state index in [0.29, 0.717) is 5.88 Å². The Labute approximate surface area is 94.3 Å². The van der Waals surface area contributed by atoms with Gasteiger partial charge in [-0.05, 0) is 11.6 Å². The molecule has 0 aliphatic carbocycles. The van der Waals surface area contributed by atoms with Crippen LogP contribution in [0.15, 0.2) is 48.7 Å². The number of aromatic nitrogens is 1. The normalized spacial score (nSPS) is 12.1. The van der Waals surface area contributed by atoms with Gasteiger partial charge in [0.15, 0.2) is 0 Å². The molecule has 3 heteroatoms. The summed E-state index contributed by atoms with van der Waals surface area (Å²) >= 11 is 0. The van der Waals surface area contributed by atoms with Crippen molar-refractivity contribution in [2.75, 3.05) is 7.11 Å². The van der Waals surface area contributed by atoms with Gasteiger partial charge in [0.05, 0.1) is 7.11 Å². The highest BCUT2D eigenvalue weighted by Crippen LogP contribution is 2.21. The van der Waals surface area contributed by atoms with Crippen molar-refractivity contribution in [1.82, 2.24) is 4.98 Å². The van der Waals surface area contributed by atoms with Gasteiger partial charge in [0.2, 0.25) is 5.88 Å². The third-order valence-corrected chi connectivity index (χ3v) is 2.40. The van der Waals surface area contributed by atoms with E-state index in [1.807, 2.05) is 36.4 Å². The zero-order chi connectivity index (χ0) is 11.4. The molecule has 16 heavy (non-hydrogen) atoms. The van der Waals surface area contributed by atoms with Crippen LogP contribution in [0.3, 0.4) is 0 Å². The second-order valence-electron chi connectivity index (χ2n) is 3.45. The number of benzene rings is 1. The van der Waals surface area contributed by atoms with Crippen molar-refractivity contribution < 1.29 is 9.84 Å². The number of hydrogen-bond acceptors (Lipinski definition) is 3. The molecule has 0 unspecified atom stereocenters. The van der Waals surface area contributed by atoms with E-state index in [4.69, 9.17) is 4.74 Å². The molecular weight excluding hydrogens is 202 g/mol. The fourth-order valence-corrected chi connectivity index (χ4v) is 1.50. The quantitative estimate of drug-likeness (QED) is 0.853. The second kappa shape index (κ2) is 4.77. The second-order valence-corrected chi connectivity index (χ2v) is 3.45. The van der Waals surface area contributed by atoms with Crippen molar-refractivity contribution in [1.29, 1.82) is 0 Å². The molecule has 0 bridgehead atoms. The zero-order valence-corrected chi connectivity index (χ0v) is 9.00. The third-order valence-electron chi connectivity index (χ3n) is 2.40. The molecule has 0 fully saturated rings. The number of ether oxygens (including phenoxy) is 1. The molecule has 3 nitrogen and oxygen atoms in total. The lowest BCUT2D eigenvalue weighted by Crippen LogP contribution is -2.00. The Bertz CT molecular complexity index is 439. The molecule has 1 atom stereocenters. The van der Waals surface area contributed by atoms with E-state index in [1.165, 1.54) is 0 Å². The molecule has 0 aliphatic rings. The molecule has 1 heterocycles. The summed E-state index contributed by atoms with van der Waals surface area (Å²) in [4.78, 5) is 4.06. The van der Waals surface area contributed by atoms with E-state index < -0.39 is 6.10 Å².